The van der Waals surface area contributed by atoms with Gasteiger partial charge in [-0.25, -0.2) is 0 Å². The Hall–Kier alpha value is -0.340. The summed E-state index contributed by atoms with van der Waals surface area (Å²) in [5.41, 5.74) is 2.89. The minimum atomic E-state index is 1.05. The summed E-state index contributed by atoms with van der Waals surface area (Å²) < 4.78 is 0. The molecule has 1 fully saturated rings. The van der Waals surface area contributed by atoms with Gasteiger partial charge >= 0.3 is 0 Å². The highest BCUT2D eigenvalue weighted by Gasteiger charge is 2.09. The van der Waals surface area contributed by atoms with Crippen molar-refractivity contribution in [3.05, 3.63) is 35.4 Å². The number of benzene rings is 1. The molecule has 0 N–H and O–H groups in total. The summed E-state index contributed by atoms with van der Waals surface area (Å²) in [4.78, 5) is 2.57. The number of piperidine rings is 1. The van der Waals surface area contributed by atoms with Crippen molar-refractivity contribution in [2.45, 2.75) is 32.2 Å². The van der Waals surface area contributed by atoms with Gasteiger partial charge in [0.25, 0.3) is 0 Å². The van der Waals surface area contributed by atoms with Crippen molar-refractivity contribution < 1.29 is 0 Å². The molecule has 1 aromatic rings. The van der Waals surface area contributed by atoms with E-state index in [-0.39, 0.29) is 0 Å². The lowest BCUT2D eigenvalue weighted by Crippen LogP contribution is -2.29. The molecule has 1 heterocycles. The number of nitrogens with zero attached hydrogens (tertiary/aromatic N) is 1. The van der Waals surface area contributed by atoms with Crippen molar-refractivity contribution in [2.75, 3.05) is 18.4 Å². The lowest BCUT2D eigenvalue weighted by atomic mass is 10.1. The second kappa shape index (κ2) is 6.41. The van der Waals surface area contributed by atoms with E-state index in [1.165, 1.54) is 43.5 Å². The molecule has 0 bridgehead atoms. The Labute approximate surface area is 107 Å². The van der Waals surface area contributed by atoms with Gasteiger partial charge in [-0.15, -0.1) is 0 Å². The third-order valence-electron chi connectivity index (χ3n) is 3.26. The summed E-state index contributed by atoms with van der Waals surface area (Å²) in [5.74, 6) is 0. The van der Waals surface area contributed by atoms with Crippen molar-refractivity contribution >= 4 is 15.9 Å². The van der Waals surface area contributed by atoms with E-state index in [2.05, 4.69) is 45.1 Å². The van der Waals surface area contributed by atoms with E-state index in [4.69, 9.17) is 0 Å². The second-order valence-electron chi connectivity index (χ2n) is 4.59. The van der Waals surface area contributed by atoms with Crippen LogP contribution in [0.4, 0.5) is 0 Å². The summed E-state index contributed by atoms with van der Waals surface area (Å²) in [6.07, 6.45) is 5.30. The maximum absolute atomic E-state index is 3.48. The normalized spacial score (nSPS) is 17.6. The molecule has 88 valence electrons. The van der Waals surface area contributed by atoms with Gasteiger partial charge in [0.1, 0.15) is 0 Å². The van der Waals surface area contributed by atoms with Crippen LogP contribution in [0.15, 0.2) is 24.3 Å². The van der Waals surface area contributed by atoms with Crippen molar-refractivity contribution in [3.63, 3.8) is 0 Å². The van der Waals surface area contributed by atoms with Gasteiger partial charge in [-0.2, -0.15) is 0 Å². The molecule has 1 aliphatic rings. The molecule has 0 aromatic heterocycles. The SMILES string of the molecule is BrCCc1ccc(CN2CCCCC2)cc1. The fourth-order valence-electron chi connectivity index (χ4n) is 2.30. The van der Waals surface area contributed by atoms with Crippen LogP contribution in [0.1, 0.15) is 30.4 Å². The minimum absolute atomic E-state index is 1.05. The maximum Gasteiger partial charge on any atom is 0.0233 e. The average molecular weight is 282 g/mol. The van der Waals surface area contributed by atoms with Crippen LogP contribution >= 0.6 is 15.9 Å². The fourth-order valence-corrected chi connectivity index (χ4v) is 2.75. The van der Waals surface area contributed by atoms with Crippen molar-refractivity contribution in [1.82, 2.24) is 4.90 Å². The summed E-state index contributed by atoms with van der Waals surface area (Å²) >= 11 is 3.48. The third-order valence-corrected chi connectivity index (χ3v) is 3.66. The van der Waals surface area contributed by atoms with Crippen molar-refractivity contribution in [3.8, 4) is 0 Å². The number of likely N-dealkylation sites (tertiary alicyclic amines) is 1. The molecule has 0 unspecified atom stereocenters. The first-order valence-corrected chi connectivity index (χ1v) is 7.37. The standard InChI is InChI=1S/C14H20BrN/c15-9-8-13-4-6-14(7-5-13)12-16-10-2-1-3-11-16/h4-7H,1-3,8-12H2. The number of alkyl halides is 1. The van der Waals surface area contributed by atoms with E-state index in [1.807, 2.05) is 0 Å². The molecule has 0 radical (unpaired) electrons. The molecule has 0 saturated carbocycles. The first-order valence-electron chi connectivity index (χ1n) is 6.24. The zero-order chi connectivity index (χ0) is 11.2. The van der Waals surface area contributed by atoms with E-state index < -0.39 is 0 Å². The van der Waals surface area contributed by atoms with Gasteiger partial charge in [-0.1, -0.05) is 46.6 Å². The minimum Gasteiger partial charge on any atom is -0.299 e. The van der Waals surface area contributed by atoms with E-state index >= 15 is 0 Å². The van der Waals surface area contributed by atoms with Gasteiger partial charge in [0.05, 0.1) is 0 Å². The largest absolute Gasteiger partial charge is 0.299 e. The van der Waals surface area contributed by atoms with Gasteiger partial charge in [-0.3, -0.25) is 4.90 Å². The Morgan fingerprint density at radius 2 is 1.56 bits per heavy atom. The first kappa shape index (κ1) is 12.1. The Bertz CT molecular complexity index is 301. The Morgan fingerprint density at radius 1 is 0.938 bits per heavy atom. The molecule has 1 nitrogen and oxygen atoms in total. The summed E-state index contributed by atoms with van der Waals surface area (Å²) in [5, 5.41) is 1.05. The third kappa shape index (κ3) is 3.60. The van der Waals surface area contributed by atoms with E-state index in [1.54, 1.807) is 0 Å². The van der Waals surface area contributed by atoms with Crippen LogP contribution < -0.4 is 0 Å². The second-order valence-corrected chi connectivity index (χ2v) is 5.39. The fraction of sp³-hybridized carbons (Fsp3) is 0.571. The van der Waals surface area contributed by atoms with E-state index in [0.29, 0.717) is 0 Å². The van der Waals surface area contributed by atoms with Crippen LogP contribution in [0, 0.1) is 0 Å². The molecular weight excluding hydrogens is 262 g/mol. The summed E-state index contributed by atoms with van der Waals surface area (Å²) in [6.45, 7) is 3.70. The van der Waals surface area contributed by atoms with Crippen LogP contribution in [-0.2, 0) is 13.0 Å². The number of aryl methyl sites for hydroxylation is 1. The molecular formula is C14H20BrN. The van der Waals surface area contributed by atoms with Crippen LogP contribution in [0.25, 0.3) is 0 Å². The molecule has 16 heavy (non-hydrogen) atoms. The van der Waals surface area contributed by atoms with Crippen LogP contribution in [0.2, 0.25) is 0 Å². The summed E-state index contributed by atoms with van der Waals surface area (Å²) in [7, 11) is 0. The lowest BCUT2D eigenvalue weighted by molar-refractivity contribution is 0.221. The highest BCUT2D eigenvalue weighted by Crippen LogP contribution is 2.13. The molecule has 1 aromatic carbocycles. The lowest BCUT2D eigenvalue weighted by Gasteiger charge is -2.26. The molecule has 2 rings (SSSR count). The number of hydrogen-bond acceptors (Lipinski definition) is 1. The average Bonchev–Trinajstić information content (AvgIpc) is 2.33. The quantitative estimate of drug-likeness (QED) is 0.763. The number of rotatable bonds is 4. The van der Waals surface area contributed by atoms with Gasteiger partial charge in [0, 0.05) is 11.9 Å². The number of halogens is 1. The molecule has 0 aliphatic carbocycles. The predicted molar refractivity (Wildman–Crippen MR) is 73.1 cm³/mol. The molecule has 1 saturated heterocycles. The maximum atomic E-state index is 3.48. The molecule has 0 amide bonds. The highest BCUT2D eigenvalue weighted by atomic mass is 79.9. The number of hydrogen-bond donors (Lipinski definition) is 0. The molecule has 0 spiro atoms. The Morgan fingerprint density at radius 3 is 2.19 bits per heavy atom. The first-order chi connectivity index (χ1) is 7.88. The van der Waals surface area contributed by atoms with Gasteiger partial charge in [0.15, 0.2) is 0 Å². The van der Waals surface area contributed by atoms with Crippen molar-refractivity contribution in [1.29, 1.82) is 0 Å². The topological polar surface area (TPSA) is 3.24 Å². The van der Waals surface area contributed by atoms with Gasteiger partial charge in [-0.05, 0) is 43.5 Å². The van der Waals surface area contributed by atoms with Gasteiger partial charge in [0.2, 0.25) is 0 Å². The van der Waals surface area contributed by atoms with Crippen LogP contribution in [0.3, 0.4) is 0 Å². The monoisotopic (exact) mass is 281 g/mol. The van der Waals surface area contributed by atoms with Crippen LogP contribution in [0.5, 0.6) is 0 Å². The van der Waals surface area contributed by atoms with Crippen molar-refractivity contribution in [2.24, 2.45) is 0 Å². The smallest absolute Gasteiger partial charge is 0.0233 e. The molecule has 2 heteroatoms. The predicted octanol–water partition coefficient (Wildman–Crippen LogP) is 3.61. The zero-order valence-corrected chi connectivity index (χ0v) is 11.4. The van der Waals surface area contributed by atoms with E-state index in [0.717, 1.165) is 18.3 Å². The van der Waals surface area contributed by atoms with Crippen LogP contribution in [-0.4, -0.2) is 23.3 Å². The summed E-state index contributed by atoms with van der Waals surface area (Å²) in [6, 6.07) is 9.10. The Kier molecular flexibility index (Phi) is 4.86. The molecule has 1 aliphatic heterocycles. The van der Waals surface area contributed by atoms with E-state index in [9.17, 15) is 0 Å². The zero-order valence-electron chi connectivity index (χ0n) is 9.79. The Balaban J connectivity index is 1.88. The highest BCUT2D eigenvalue weighted by molar-refractivity contribution is 9.09. The molecule has 0 atom stereocenters. The van der Waals surface area contributed by atoms with Gasteiger partial charge < -0.3 is 0 Å².